The number of hydrogen-bond acceptors (Lipinski definition) is 2. The Morgan fingerprint density at radius 2 is 2.27 bits per heavy atom. The number of rotatable bonds is 4. The van der Waals surface area contributed by atoms with Crippen LogP contribution in [0.5, 0.6) is 0 Å². The summed E-state index contributed by atoms with van der Waals surface area (Å²) in [7, 11) is 0. The molecule has 0 saturated heterocycles. The molecule has 0 bridgehead atoms. The number of halogens is 2. The molecule has 82 valence electrons. The van der Waals surface area contributed by atoms with Crippen molar-refractivity contribution in [2.24, 2.45) is 5.73 Å². The number of carboxylic acids is 1. The largest absolute Gasteiger partial charge is 0.481 e. The molecular formula is C10H11BrFNO2. The van der Waals surface area contributed by atoms with Crippen LogP contribution in [0.2, 0.25) is 0 Å². The minimum atomic E-state index is -0.974. The smallest absolute Gasteiger partial charge is 0.304 e. The van der Waals surface area contributed by atoms with E-state index in [4.69, 9.17) is 10.8 Å². The van der Waals surface area contributed by atoms with Gasteiger partial charge in [0.15, 0.2) is 0 Å². The Balaban J connectivity index is 2.71. The maximum atomic E-state index is 13.2. The monoisotopic (exact) mass is 275 g/mol. The van der Waals surface area contributed by atoms with Crippen LogP contribution in [-0.4, -0.2) is 17.1 Å². The summed E-state index contributed by atoms with van der Waals surface area (Å²) in [6.45, 7) is 0. The molecule has 3 nitrogen and oxygen atoms in total. The van der Waals surface area contributed by atoms with Crippen LogP contribution in [0.25, 0.3) is 0 Å². The first kappa shape index (κ1) is 12.1. The first-order valence-electron chi connectivity index (χ1n) is 4.40. The molecule has 1 atom stereocenters. The highest BCUT2D eigenvalue weighted by molar-refractivity contribution is 9.10. The zero-order valence-corrected chi connectivity index (χ0v) is 9.50. The standard InChI is InChI=1S/C10H11BrFNO2/c11-7-1-2-9(12)6(3-7)4-8(13)5-10(14)15/h1-3,8H,4-5,13H2,(H,14,15). The third-order valence-corrected chi connectivity index (χ3v) is 2.42. The van der Waals surface area contributed by atoms with Gasteiger partial charge in [-0.05, 0) is 30.2 Å². The van der Waals surface area contributed by atoms with E-state index in [0.29, 0.717) is 5.56 Å². The van der Waals surface area contributed by atoms with E-state index < -0.39 is 12.0 Å². The van der Waals surface area contributed by atoms with Gasteiger partial charge < -0.3 is 10.8 Å². The fourth-order valence-corrected chi connectivity index (χ4v) is 1.69. The fraction of sp³-hybridized carbons (Fsp3) is 0.300. The van der Waals surface area contributed by atoms with Crippen LogP contribution in [0.1, 0.15) is 12.0 Å². The number of nitrogens with two attached hydrogens (primary N) is 1. The molecule has 5 heteroatoms. The van der Waals surface area contributed by atoms with Crippen molar-refractivity contribution in [2.75, 3.05) is 0 Å². The van der Waals surface area contributed by atoms with Gasteiger partial charge in [0.1, 0.15) is 5.82 Å². The van der Waals surface area contributed by atoms with Crippen molar-refractivity contribution >= 4 is 21.9 Å². The normalized spacial score (nSPS) is 12.5. The van der Waals surface area contributed by atoms with Crippen molar-refractivity contribution in [1.29, 1.82) is 0 Å². The molecule has 3 N–H and O–H groups in total. The molecule has 1 rings (SSSR count). The summed E-state index contributed by atoms with van der Waals surface area (Å²) < 4.78 is 14.0. The topological polar surface area (TPSA) is 63.3 Å². The average molecular weight is 276 g/mol. The van der Waals surface area contributed by atoms with E-state index >= 15 is 0 Å². The van der Waals surface area contributed by atoms with Gasteiger partial charge in [-0.25, -0.2) is 4.39 Å². The summed E-state index contributed by atoms with van der Waals surface area (Å²) in [4.78, 5) is 10.4. The Morgan fingerprint density at radius 3 is 2.87 bits per heavy atom. The zero-order chi connectivity index (χ0) is 11.4. The predicted octanol–water partition coefficient (Wildman–Crippen LogP) is 1.93. The summed E-state index contributed by atoms with van der Waals surface area (Å²) in [5, 5.41) is 8.50. The van der Waals surface area contributed by atoms with Crippen LogP contribution < -0.4 is 5.73 Å². The van der Waals surface area contributed by atoms with Crippen molar-refractivity contribution in [1.82, 2.24) is 0 Å². The van der Waals surface area contributed by atoms with E-state index in [1.54, 1.807) is 12.1 Å². The van der Waals surface area contributed by atoms with Gasteiger partial charge >= 0.3 is 5.97 Å². The molecule has 0 radical (unpaired) electrons. The predicted molar refractivity (Wildman–Crippen MR) is 58.0 cm³/mol. The Morgan fingerprint density at radius 1 is 1.60 bits per heavy atom. The molecule has 1 unspecified atom stereocenters. The lowest BCUT2D eigenvalue weighted by Gasteiger charge is -2.09. The summed E-state index contributed by atoms with van der Waals surface area (Å²) in [6, 6.07) is 3.96. The van der Waals surface area contributed by atoms with Crippen molar-refractivity contribution in [3.05, 3.63) is 34.1 Å². The first-order chi connectivity index (χ1) is 6.99. The molecule has 0 aromatic heterocycles. The zero-order valence-electron chi connectivity index (χ0n) is 7.91. The second kappa shape index (κ2) is 5.23. The highest BCUT2D eigenvalue weighted by Crippen LogP contribution is 2.17. The van der Waals surface area contributed by atoms with E-state index in [1.807, 2.05) is 0 Å². The number of aliphatic carboxylic acids is 1. The molecule has 0 saturated carbocycles. The number of carboxylic acid groups (broad SMARTS) is 1. The summed E-state index contributed by atoms with van der Waals surface area (Å²) in [6.07, 6.45) is 0.0591. The lowest BCUT2D eigenvalue weighted by Crippen LogP contribution is -2.26. The molecule has 0 heterocycles. The molecule has 0 aliphatic rings. The maximum absolute atomic E-state index is 13.2. The van der Waals surface area contributed by atoms with Crippen LogP contribution in [0, 0.1) is 5.82 Å². The van der Waals surface area contributed by atoms with Crippen molar-refractivity contribution in [3.8, 4) is 0 Å². The number of carbonyl (C=O) groups is 1. The van der Waals surface area contributed by atoms with Gasteiger partial charge in [0.2, 0.25) is 0 Å². The molecule has 15 heavy (non-hydrogen) atoms. The molecule has 0 spiro atoms. The van der Waals surface area contributed by atoms with Gasteiger partial charge in [-0.1, -0.05) is 15.9 Å². The molecule has 1 aromatic carbocycles. The molecular weight excluding hydrogens is 265 g/mol. The first-order valence-corrected chi connectivity index (χ1v) is 5.19. The van der Waals surface area contributed by atoms with E-state index in [0.717, 1.165) is 4.47 Å². The van der Waals surface area contributed by atoms with E-state index in [-0.39, 0.29) is 18.7 Å². The van der Waals surface area contributed by atoms with Crippen LogP contribution in [0.3, 0.4) is 0 Å². The summed E-state index contributed by atoms with van der Waals surface area (Å²) >= 11 is 3.21. The van der Waals surface area contributed by atoms with E-state index in [2.05, 4.69) is 15.9 Å². The van der Waals surface area contributed by atoms with Crippen LogP contribution >= 0.6 is 15.9 Å². The molecule has 0 aliphatic heterocycles. The SMILES string of the molecule is NC(CC(=O)O)Cc1cc(Br)ccc1F. The Hall–Kier alpha value is -0.940. The maximum Gasteiger partial charge on any atom is 0.304 e. The Kier molecular flexibility index (Phi) is 4.23. The van der Waals surface area contributed by atoms with Gasteiger partial charge in [0, 0.05) is 10.5 Å². The Labute approximate surface area is 95.2 Å². The highest BCUT2D eigenvalue weighted by Gasteiger charge is 2.11. The van der Waals surface area contributed by atoms with Crippen molar-refractivity contribution < 1.29 is 14.3 Å². The molecule has 0 fully saturated rings. The van der Waals surface area contributed by atoms with Crippen LogP contribution in [-0.2, 0) is 11.2 Å². The van der Waals surface area contributed by atoms with E-state index in [9.17, 15) is 9.18 Å². The average Bonchev–Trinajstić information content (AvgIpc) is 2.10. The number of benzene rings is 1. The number of hydrogen-bond donors (Lipinski definition) is 2. The van der Waals surface area contributed by atoms with E-state index in [1.165, 1.54) is 6.07 Å². The van der Waals surface area contributed by atoms with Crippen LogP contribution in [0.4, 0.5) is 4.39 Å². The molecule has 0 aliphatic carbocycles. The van der Waals surface area contributed by atoms with Crippen LogP contribution in [0.15, 0.2) is 22.7 Å². The molecule has 1 aromatic rings. The Bertz CT molecular complexity index is 370. The second-order valence-electron chi connectivity index (χ2n) is 3.30. The quantitative estimate of drug-likeness (QED) is 0.883. The third-order valence-electron chi connectivity index (χ3n) is 1.93. The lowest BCUT2D eigenvalue weighted by atomic mass is 10.0. The minimum Gasteiger partial charge on any atom is -0.481 e. The third kappa shape index (κ3) is 3.97. The van der Waals surface area contributed by atoms with Gasteiger partial charge in [-0.2, -0.15) is 0 Å². The van der Waals surface area contributed by atoms with Gasteiger partial charge in [-0.3, -0.25) is 4.79 Å². The fourth-order valence-electron chi connectivity index (χ4n) is 1.28. The van der Waals surface area contributed by atoms with Crippen molar-refractivity contribution in [3.63, 3.8) is 0 Å². The minimum absolute atomic E-state index is 0.161. The van der Waals surface area contributed by atoms with Crippen molar-refractivity contribution in [2.45, 2.75) is 18.9 Å². The lowest BCUT2D eigenvalue weighted by molar-refractivity contribution is -0.137. The summed E-state index contributed by atoms with van der Waals surface area (Å²) in [5.74, 6) is -1.34. The highest BCUT2D eigenvalue weighted by atomic mass is 79.9. The van der Waals surface area contributed by atoms with Gasteiger partial charge in [0.25, 0.3) is 0 Å². The second-order valence-corrected chi connectivity index (χ2v) is 4.21. The molecule has 0 amide bonds. The van der Waals surface area contributed by atoms with Gasteiger partial charge in [-0.15, -0.1) is 0 Å². The summed E-state index contributed by atoms with van der Waals surface area (Å²) in [5.41, 5.74) is 5.99. The van der Waals surface area contributed by atoms with Gasteiger partial charge in [0.05, 0.1) is 6.42 Å².